The zero-order valence-electron chi connectivity index (χ0n) is 11.6. The van der Waals surface area contributed by atoms with Gasteiger partial charge in [0.1, 0.15) is 0 Å². The first-order valence-electron chi connectivity index (χ1n) is 7.30. The van der Waals surface area contributed by atoms with E-state index in [0.717, 1.165) is 25.9 Å². The second-order valence-corrected chi connectivity index (χ2v) is 5.32. The highest BCUT2D eigenvalue weighted by atomic mass is 16.6. The second kappa shape index (κ2) is 6.89. The van der Waals surface area contributed by atoms with Crippen molar-refractivity contribution in [2.45, 2.75) is 45.1 Å². The van der Waals surface area contributed by atoms with Gasteiger partial charge >= 0.3 is 11.9 Å². The minimum atomic E-state index is -0.876. The normalized spacial score (nSPS) is 27.4. The molecule has 5 heteroatoms. The average Bonchev–Trinajstić information content (AvgIpc) is 2.45. The summed E-state index contributed by atoms with van der Waals surface area (Å²) in [5, 5.41) is 0. The van der Waals surface area contributed by atoms with Gasteiger partial charge in [-0.05, 0) is 45.7 Å². The van der Waals surface area contributed by atoms with E-state index in [1.54, 1.807) is 6.92 Å². The maximum absolute atomic E-state index is 11.4. The molecule has 19 heavy (non-hydrogen) atoms. The van der Waals surface area contributed by atoms with E-state index < -0.39 is 11.9 Å². The van der Waals surface area contributed by atoms with Crippen LogP contribution in [0, 0.1) is 5.92 Å². The Morgan fingerprint density at radius 2 is 1.79 bits per heavy atom. The minimum Gasteiger partial charge on any atom is -0.458 e. The Bertz CT molecular complexity index is 329. The van der Waals surface area contributed by atoms with Gasteiger partial charge in [0.25, 0.3) is 0 Å². The number of carbonyl (C=O) groups is 2. The first-order valence-corrected chi connectivity index (χ1v) is 7.30. The number of hydrogen-bond acceptors (Lipinski definition) is 5. The lowest BCUT2D eigenvalue weighted by Crippen LogP contribution is -2.49. The van der Waals surface area contributed by atoms with Crippen molar-refractivity contribution < 1.29 is 19.1 Å². The molecule has 2 aliphatic rings. The molecule has 0 aromatic rings. The third-order valence-corrected chi connectivity index (χ3v) is 4.10. The van der Waals surface area contributed by atoms with Crippen molar-refractivity contribution in [3.05, 3.63) is 0 Å². The predicted molar refractivity (Wildman–Crippen MR) is 69.5 cm³/mol. The Labute approximate surface area is 114 Å². The molecule has 0 aliphatic carbocycles. The molecule has 2 saturated heterocycles. The van der Waals surface area contributed by atoms with Gasteiger partial charge in [-0.2, -0.15) is 0 Å². The van der Waals surface area contributed by atoms with E-state index in [9.17, 15) is 9.59 Å². The minimum absolute atomic E-state index is 0.202. The summed E-state index contributed by atoms with van der Waals surface area (Å²) in [6.07, 6.45) is 5.94. The maximum Gasteiger partial charge on any atom is 0.417 e. The van der Waals surface area contributed by atoms with Crippen LogP contribution in [0.1, 0.15) is 39.0 Å². The second-order valence-electron chi connectivity index (χ2n) is 5.32. The van der Waals surface area contributed by atoms with Crippen LogP contribution in [0.2, 0.25) is 0 Å². The fourth-order valence-corrected chi connectivity index (χ4v) is 3.20. The Hall–Kier alpha value is -1.10. The van der Waals surface area contributed by atoms with Crippen LogP contribution >= 0.6 is 0 Å². The number of fused-ring (bicyclic) bond motifs is 1. The van der Waals surface area contributed by atoms with E-state index >= 15 is 0 Å². The van der Waals surface area contributed by atoms with Crippen molar-refractivity contribution in [1.82, 2.24) is 4.90 Å². The molecule has 2 aliphatic heterocycles. The fourth-order valence-electron chi connectivity index (χ4n) is 3.20. The molecule has 0 N–H and O–H groups in total. The Morgan fingerprint density at radius 1 is 1.05 bits per heavy atom. The van der Waals surface area contributed by atoms with Crippen LogP contribution in [-0.2, 0) is 19.1 Å². The fraction of sp³-hybridized carbons (Fsp3) is 0.857. The lowest BCUT2D eigenvalue weighted by molar-refractivity contribution is -0.169. The van der Waals surface area contributed by atoms with E-state index in [1.165, 1.54) is 19.3 Å². The van der Waals surface area contributed by atoms with Gasteiger partial charge in [0.05, 0.1) is 13.2 Å². The third-order valence-electron chi connectivity index (χ3n) is 4.10. The summed E-state index contributed by atoms with van der Waals surface area (Å²) in [7, 11) is 0. The van der Waals surface area contributed by atoms with E-state index in [2.05, 4.69) is 9.64 Å². The highest BCUT2D eigenvalue weighted by Crippen LogP contribution is 2.30. The van der Waals surface area contributed by atoms with Gasteiger partial charge in [-0.3, -0.25) is 4.90 Å². The highest BCUT2D eigenvalue weighted by molar-refractivity contribution is 6.29. The molecule has 0 spiro atoms. The molecule has 2 rings (SSSR count). The third kappa shape index (κ3) is 3.69. The number of esters is 2. The molecule has 2 fully saturated rings. The average molecular weight is 269 g/mol. The van der Waals surface area contributed by atoms with Gasteiger partial charge in [0, 0.05) is 12.0 Å². The molecule has 0 unspecified atom stereocenters. The predicted octanol–water partition coefficient (Wildman–Crippen LogP) is 1.36. The largest absolute Gasteiger partial charge is 0.458 e. The summed E-state index contributed by atoms with van der Waals surface area (Å²) < 4.78 is 9.73. The number of piperidine rings is 2. The summed E-state index contributed by atoms with van der Waals surface area (Å²) in [4.78, 5) is 25.1. The lowest BCUT2D eigenvalue weighted by Gasteiger charge is -2.44. The van der Waals surface area contributed by atoms with Crippen LogP contribution in [0.25, 0.3) is 0 Å². The maximum atomic E-state index is 11.4. The first-order chi connectivity index (χ1) is 9.22. The van der Waals surface area contributed by atoms with E-state index in [-0.39, 0.29) is 6.61 Å². The molecule has 2 atom stereocenters. The molecule has 5 nitrogen and oxygen atoms in total. The lowest BCUT2D eigenvalue weighted by atomic mass is 9.84. The summed E-state index contributed by atoms with van der Waals surface area (Å²) in [5.41, 5.74) is 0. The molecule has 0 amide bonds. The van der Waals surface area contributed by atoms with E-state index in [0.29, 0.717) is 18.6 Å². The van der Waals surface area contributed by atoms with Gasteiger partial charge < -0.3 is 9.47 Å². The summed E-state index contributed by atoms with van der Waals surface area (Å²) in [6, 6.07) is 0.525. The van der Waals surface area contributed by atoms with Crippen LogP contribution in [0.5, 0.6) is 0 Å². The van der Waals surface area contributed by atoms with E-state index in [1.807, 2.05) is 0 Å². The van der Waals surface area contributed by atoms with Crippen LogP contribution in [-0.4, -0.2) is 49.2 Å². The molecule has 0 bridgehead atoms. The highest BCUT2D eigenvalue weighted by Gasteiger charge is 2.34. The topological polar surface area (TPSA) is 55.8 Å². The van der Waals surface area contributed by atoms with Gasteiger partial charge in [-0.15, -0.1) is 0 Å². The zero-order chi connectivity index (χ0) is 13.7. The van der Waals surface area contributed by atoms with Crippen LogP contribution in [0.15, 0.2) is 0 Å². The van der Waals surface area contributed by atoms with Crippen LogP contribution in [0.3, 0.4) is 0 Å². The monoisotopic (exact) mass is 269 g/mol. The number of rotatable bonds is 3. The Morgan fingerprint density at radius 3 is 2.58 bits per heavy atom. The van der Waals surface area contributed by atoms with Gasteiger partial charge in [0.15, 0.2) is 0 Å². The van der Waals surface area contributed by atoms with Crippen molar-refractivity contribution in [1.29, 1.82) is 0 Å². The number of hydrogen-bond donors (Lipinski definition) is 0. The Kier molecular flexibility index (Phi) is 5.19. The van der Waals surface area contributed by atoms with Crippen molar-refractivity contribution >= 4 is 11.9 Å². The molecule has 0 aromatic carbocycles. The molecule has 0 radical (unpaired) electrons. The van der Waals surface area contributed by atoms with E-state index in [4.69, 9.17) is 4.74 Å². The Balaban J connectivity index is 1.81. The molecule has 108 valence electrons. The number of ether oxygens (including phenoxy) is 2. The van der Waals surface area contributed by atoms with Crippen molar-refractivity contribution in [2.75, 3.05) is 26.3 Å². The van der Waals surface area contributed by atoms with Crippen molar-refractivity contribution in [3.8, 4) is 0 Å². The van der Waals surface area contributed by atoms with Gasteiger partial charge in [-0.25, -0.2) is 9.59 Å². The van der Waals surface area contributed by atoms with Crippen LogP contribution < -0.4 is 0 Å². The summed E-state index contributed by atoms with van der Waals surface area (Å²) >= 11 is 0. The molecular weight excluding hydrogens is 246 g/mol. The molecular formula is C14H23NO4. The summed E-state index contributed by atoms with van der Waals surface area (Å²) in [6.45, 7) is 4.54. The zero-order valence-corrected chi connectivity index (χ0v) is 11.6. The van der Waals surface area contributed by atoms with Gasteiger partial charge in [0.2, 0.25) is 0 Å². The van der Waals surface area contributed by atoms with Crippen molar-refractivity contribution in [3.63, 3.8) is 0 Å². The smallest absolute Gasteiger partial charge is 0.417 e. The number of carbonyl (C=O) groups excluding carboxylic acids is 2. The quantitative estimate of drug-likeness (QED) is 0.572. The van der Waals surface area contributed by atoms with Crippen LogP contribution in [0.4, 0.5) is 0 Å². The number of nitrogens with zero attached hydrogens (tertiary/aromatic N) is 1. The van der Waals surface area contributed by atoms with Gasteiger partial charge in [-0.1, -0.05) is 6.42 Å². The SMILES string of the molecule is CCOC(=O)C(=O)OC[C@@H]1CCCN2CCCC[C@H]12. The van der Waals surface area contributed by atoms with Crippen molar-refractivity contribution in [2.24, 2.45) is 5.92 Å². The first kappa shape index (κ1) is 14.3. The molecule has 0 saturated carbocycles. The molecule has 2 heterocycles. The summed E-state index contributed by atoms with van der Waals surface area (Å²) in [5.74, 6) is -1.36. The molecule has 0 aromatic heterocycles. The standard InChI is InChI=1S/C14H23NO4/c1-2-18-13(16)14(17)19-10-11-6-5-9-15-8-4-3-7-12(11)15/h11-12H,2-10H2,1H3/t11-,12+/m0/s1.